The molecule has 3 aromatic heterocycles. The molecule has 21 heavy (non-hydrogen) atoms. The summed E-state index contributed by atoms with van der Waals surface area (Å²) in [5.41, 5.74) is 1.67. The van der Waals surface area contributed by atoms with Gasteiger partial charge in [-0.1, -0.05) is 30.4 Å². The summed E-state index contributed by atoms with van der Waals surface area (Å²) in [4.78, 5) is 3.98. The third kappa shape index (κ3) is 2.39. The highest BCUT2D eigenvalue weighted by atomic mass is 32.1. The maximum atomic E-state index is 9.22. The van der Waals surface area contributed by atoms with E-state index in [4.69, 9.17) is 0 Å². The zero-order chi connectivity index (χ0) is 14.8. The Labute approximate surface area is 124 Å². The van der Waals surface area contributed by atoms with E-state index in [2.05, 4.69) is 45.4 Å². The van der Waals surface area contributed by atoms with Crippen LogP contribution in [0.25, 0.3) is 16.4 Å². The largest absolute Gasteiger partial charge is 0.265 e. The molecule has 0 aliphatic carbocycles. The molecule has 0 N–H and O–H groups in total. The Kier molecular flexibility index (Phi) is 3.41. The third-order valence-electron chi connectivity index (χ3n) is 2.83. The summed E-state index contributed by atoms with van der Waals surface area (Å²) in [5, 5.41) is 27.0. The third-order valence-corrected chi connectivity index (χ3v) is 4.03. The molecule has 0 aliphatic rings. The Balaban J connectivity index is 2.16. The molecule has 0 radical (unpaired) electrons. The molecular formula is C13H11N7S. The normalized spacial score (nSPS) is 10.8. The first-order valence-electron chi connectivity index (χ1n) is 6.30. The van der Waals surface area contributed by atoms with Gasteiger partial charge in [0.25, 0.3) is 0 Å². The Morgan fingerprint density at radius 3 is 2.57 bits per heavy atom. The van der Waals surface area contributed by atoms with E-state index >= 15 is 0 Å². The molecule has 104 valence electrons. The Morgan fingerprint density at radius 2 is 1.95 bits per heavy atom. The number of hydrogen-bond acceptors (Lipinski definition) is 7. The molecule has 7 nitrogen and oxygen atoms in total. The number of nitriles is 1. The van der Waals surface area contributed by atoms with Gasteiger partial charge in [-0.15, -0.1) is 15.3 Å². The van der Waals surface area contributed by atoms with Crippen molar-refractivity contribution in [2.45, 2.75) is 19.8 Å². The lowest BCUT2D eigenvalue weighted by Crippen LogP contribution is -1.99. The first kappa shape index (κ1) is 13.3. The molecule has 3 aromatic rings. The minimum absolute atomic E-state index is 0.252. The lowest BCUT2D eigenvalue weighted by molar-refractivity contribution is 0.776. The molecule has 0 spiro atoms. The minimum atomic E-state index is 0.252. The van der Waals surface area contributed by atoms with E-state index in [1.807, 2.05) is 0 Å². The van der Waals surface area contributed by atoms with Crippen molar-refractivity contribution in [3.05, 3.63) is 35.2 Å². The van der Waals surface area contributed by atoms with Crippen LogP contribution in [0.2, 0.25) is 0 Å². The molecule has 3 heterocycles. The van der Waals surface area contributed by atoms with E-state index < -0.39 is 0 Å². The van der Waals surface area contributed by atoms with E-state index in [1.54, 1.807) is 29.2 Å². The van der Waals surface area contributed by atoms with Gasteiger partial charge in [-0.25, -0.2) is 0 Å². The second-order valence-corrected chi connectivity index (χ2v) is 5.61. The lowest BCUT2D eigenvalue weighted by atomic mass is 10.1. The van der Waals surface area contributed by atoms with Crippen LogP contribution in [0.5, 0.6) is 0 Å². The van der Waals surface area contributed by atoms with Crippen molar-refractivity contribution in [2.24, 2.45) is 0 Å². The second kappa shape index (κ2) is 5.38. The van der Waals surface area contributed by atoms with Gasteiger partial charge in [0.2, 0.25) is 5.13 Å². The first-order valence-corrected chi connectivity index (χ1v) is 7.12. The van der Waals surface area contributed by atoms with Crippen molar-refractivity contribution in [3.63, 3.8) is 0 Å². The topological polar surface area (TPSA) is 93.2 Å². The number of aromatic nitrogens is 6. The highest BCUT2D eigenvalue weighted by Crippen LogP contribution is 2.27. The first-order chi connectivity index (χ1) is 10.2. The standard InChI is InChI=1S/C13H11N7S/c1-8(2)12-17-18-13(21-12)20-11(10(7-14)16-19-20)9-3-5-15-6-4-9/h3-6,8H,1-2H3. The molecule has 0 fully saturated rings. The second-order valence-electron chi connectivity index (χ2n) is 4.62. The van der Waals surface area contributed by atoms with Crippen LogP contribution in [0.1, 0.15) is 30.5 Å². The van der Waals surface area contributed by atoms with Gasteiger partial charge in [0.1, 0.15) is 16.8 Å². The zero-order valence-corrected chi connectivity index (χ0v) is 12.2. The maximum Gasteiger partial charge on any atom is 0.234 e. The van der Waals surface area contributed by atoms with Crippen LogP contribution < -0.4 is 0 Å². The van der Waals surface area contributed by atoms with Crippen molar-refractivity contribution in [1.82, 2.24) is 30.2 Å². The van der Waals surface area contributed by atoms with Crippen LogP contribution in [0.3, 0.4) is 0 Å². The van der Waals surface area contributed by atoms with Gasteiger partial charge < -0.3 is 0 Å². The monoisotopic (exact) mass is 297 g/mol. The smallest absolute Gasteiger partial charge is 0.234 e. The van der Waals surface area contributed by atoms with E-state index in [0.717, 1.165) is 10.6 Å². The number of pyridine rings is 1. The van der Waals surface area contributed by atoms with Crippen molar-refractivity contribution < 1.29 is 0 Å². The van der Waals surface area contributed by atoms with E-state index in [-0.39, 0.29) is 5.69 Å². The molecule has 0 bridgehead atoms. The van der Waals surface area contributed by atoms with E-state index in [1.165, 1.54) is 11.3 Å². The Hall–Kier alpha value is -2.66. The molecule has 0 aliphatic heterocycles. The summed E-state index contributed by atoms with van der Waals surface area (Å²) >= 11 is 1.44. The van der Waals surface area contributed by atoms with Crippen molar-refractivity contribution in [3.8, 4) is 22.5 Å². The maximum absolute atomic E-state index is 9.22. The number of hydrogen-bond donors (Lipinski definition) is 0. The van der Waals surface area contributed by atoms with Gasteiger partial charge in [-0.05, 0) is 12.1 Å². The summed E-state index contributed by atoms with van der Waals surface area (Å²) in [7, 11) is 0. The molecular weight excluding hydrogens is 286 g/mol. The van der Waals surface area contributed by atoms with Crippen molar-refractivity contribution in [1.29, 1.82) is 5.26 Å². The Morgan fingerprint density at radius 1 is 1.19 bits per heavy atom. The molecule has 0 saturated carbocycles. The van der Waals surface area contributed by atoms with Crippen LogP contribution in [0.15, 0.2) is 24.5 Å². The van der Waals surface area contributed by atoms with Crippen LogP contribution in [-0.4, -0.2) is 30.2 Å². The summed E-state index contributed by atoms with van der Waals surface area (Å²) in [6.07, 6.45) is 3.32. The fraction of sp³-hybridized carbons (Fsp3) is 0.231. The highest BCUT2D eigenvalue weighted by molar-refractivity contribution is 7.13. The lowest BCUT2D eigenvalue weighted by Gasteiger charge is -2.02. The number of rotatable bonds is 3. The zero-order valence-electron chi connectivity index (χ0n) is 11.4. The fourth-order valence-corrected chi connectivity index (χ4v) is 2.61. The quantitative estimate of drug-likeness (QED) is 0.735. The van der Waals surface area contributed by atoms with Crippen LogP contribution >= 0.6 is 11.3 Å². The fourth-order valence-electron chi connectivity index (χ4n) is 1.81. The summed E-state index contributed by atoms with van der Waals surface area (Å²) in [6.45, 7) is 4.10. The van der Waals surface area contributed by atoms with Crippen molar-refractivity contribution >= 4 is 11.3 Å². The van der Waals surface area contributed by atoms with Crippen LogP contribution in [-0.2, 0) is 0 Å². The van der Waals surface area contributed by atoms with Gasteiger partial charge in [-0.2, -0.15) is 9.94 Å². The molecule has 8 heteroatoms. The van der Waals surface area contributed by atoms with Crippen molar-refractivity contribution in [2.75, 3.05) is 0 Å². The summed E-state index contributed by atoms with van der Waals surface area (Å²) < 4.78 is 1.55. The minimum Gasteiger partial charge on any atom is -0.265 e. The molecule has 0 aromatic carbocycles. The predicted molar refractivity (Wildman–Crippen MR) is 76.9 cm³/mol. The molecule has 0 saturated heterocycles. The Bertz CT molecular complexity index is 798. The molecule has 0 amide bonds. The average molecular weight is 297 g/mol. The van der Waals surface area contributed by atoms with E-state index in [0.29, 0.717) is 16.7 Å². The van der Waals surface area contributed by atoms with Gasteiger partial charge in [-0.3, -0.25) is 4.98 Å². The molecule has 0 unspecified atom stereocenters. The van der Waals surface area contributed by atoms with Gasteiger partial charge in [0.05, 0.1) is 0 Å². The SMILES string of the molecule is CC(C)c1nnc(-n2nnc(C#N)c2-c2ccncc2)s1. The van der Waals surface area contributed by atoms with Gasteiger partial charge >= 0.3 is 0 Å². The van der Waals surface area contributed by atoms with Gasteiger partial charge in [0.15, 0.2) is 5.69 Å². The highest BCUT2D eigenvalue weighted by Gasteiger charge is 2.19. The van der Waals surface area contributed by atoms with Crippen LogP contribution in [0.4, 0.5) is 0 Å². The van der Waals surface area contributed by atoms with Gasteiger partial charge in [0, 0.05) is 23.9 Å². The predicted octanol–water partition coefficient (Wildman–Crippen LogP) is 2.18. The van der Waals surface area contributed by atoms with E-state index in [9.17, 15) is 5.26 Å². The average Bonchev–Trinajstić information content (AvgIpc) is 3.14. The summed E-state index contributed by atoms with van der Waals surface area (Å²) in [5.74, 6) is 0.291. The molecule has 3 rings (SSSR count). The molecule has 0 atom stereocenters. The number of nitrogens with zero attached hydrogens (tertiary/aromatic N) is 7. The van der Waals surface area contributed by atoms with Crippen LogP contribution in [0, 0.1) is 11.3 Å². The summed E-state index contributed by atoms with van der Waals surface area (Å²) in [6, 6.07) is 5.67.